The van der Waals surface area contributed by atoms with Gasteiger partial charge in [-0.15, -0.1) is 0 Å². The largest absolute Gasteiger partial charge is 0.497 e. The van der Waals surface area contributed by atoms with Crippen molar-refractivity contribution in [3.63, 3.8) is 0 Å². The van der Waals surface area contributed by atoms with E-state index in [4.69, 9.17) is 17.0 Å². The van der Waals surface area contributed by atoms with Gasteiger partial charge in [0.25, 0.3) is 0 Å². The van der Waals surface area contributed by atoms with Crippen molar-refractivity contribution in [2.24, 2.45) is 0 Å². The summed E-state index contributed by atoms with van der Waals surface area (Å²) in [5.41, 5.74) is 2.15. The maximum Gasteiger partial charge on any atom is 0.178 e. The van der Waals surface area contributed by atoms with Crippen LogP contribution in [0.15, 0.2) is 18.2 Å². The first-order valence-corrected chi connectivity index (χ1v) is 6.90. The van der Waals surface area contributed by atoms with E-state index < -0.39 is 0 Å². The minimum atomic E-state index is 0.541. The molecular weight excluding hydrogens is 258 g/mol. The third-order valence-electron chi connectivity index (χ3n) is 3.54. The third-order valence-corrected chi connectivity index (χ3v) is 3.86. The van der Waals surface area contributed by atoms with E-state index in [1.54, 1.807) is 7.11 Å². The molecule has 19 heavy (non-hydrogen) atoms. The highest BCUT2D eigenvalue weighted by Gasteiger charge is 2.08. The lowest BCUT2D eigenvalue weighted by molar-refractivity contribution is 0.263. The number of nitrogens with zero attached hydrogens (tertiary/aromatic N) is 2. The van der Waals surface area contributed by atoms with Gasteiger partial charge in [-0.25, -0.2) is 0 Å². The lowest BCUT2D eigenvalue weighted by atomic mass is 10.3. The predicted octanol–water partition coefficient (Wildman–Crippen LogP) is 3.05. The molecule has 1 N–H and O–H groups in total. The Balaban J connectivity index is 2.28. The van der Waals surface area contributed by atoms with Gasteiger partial charge in [-0.05, 0) is 45.2 Å². The molecule has 0 bridgehead atoms. The van der Waals surface area contributed by atoms with Crippen LogP contribution in [0.5, 0.6) is 5.75 Å². The van der Waals surface area contributed by atoms with Crippen molar-refractivity contribution in [1.29, 1.82) is 0 Å². The Morgan fingerprint density at radius 3 is 2.79 bits per heavy atom. The molecule has 104 valence electrons. The zero-order valence-corrected chi connectivity index (χ0v) is 12.8. The fourth-order valence-electron chi connectivity index (χ4n) is 2.01. The highest BCUT2D eigenvalue weighted by Crippen LogP contribution is 2.20. The Morgan fingerprint density at radius 2 is 2.16 bits per heavy atom. The van der Waals surface area contributed by atoms with Crippen molar-refractivity contribution >= 4 is 23.3 Å². The van der Waals surface area contributed by atoms with Gasteiger partial charge in [0.1, 0.15) is 5.75 Å². The SMILES string of the molecule is COc1ccc2c(c1)[nH]c(=S)n2CCN(C)C(C)C. The number of aromatic amines is 1. The molecule has 2 aromatic rings. The average molecular weight is 279 g/mol. The molecule has 1 aromatic carbocycles. The Bertz CT molecular complexity index is 615. The molecule has 1 heterocycles. The standard InChI is InChI=1S/C14H21N3OS/c1-10(2)16(3)7-8-17-13-6-5-11(18-4)9-12(13)15-14(17)19/h5-6,9-10H,7-8H2,1-4H3,(H,15,19). The minimum absolute atomic E-state index is 0.541. The van der Waals surface area contributed by atoms with E-state index >= 15 is 0 Å². The van der Waals surface area contributed by atoms with E-state index in [0.717, 1.165) is 34.6 Å². The second-order valence-electron chi connectivity index (χ2n) is 5.04. The number of nitrogens with one attached hydrogen (secondary N) is 1. The Hall–Kier alpha value is -1.33. The van der Waals surface area contributed by atoms with Gasteiger partial charge in [-0.2, -0.15) is 0 Å². The quantitative estimate of drug-likeness (QED) is 0.854. The van der Waals surface area contributed by atoms with Crippen molar-refractivity contribution in [2.75, 3.05) is 20.7 Å². The summed E-state index contributed by atoms with van der Waals surface area (Å²) in [4.78, 5) is 5.54. The number of H-pyrrole nitrogens is 1. The van der Waals surface area contributed by atoms with Crippen LogP contribution in [-0.2, 0) is 6.54 Å². The van der Waals surface area contributed by atoms with E-state index in [0.29, 0.717) is 6.04 Å². The van der Waals surface area contributed by atoms with Crippen LogP contribution in [0.4, 0.5) is 0 Å². The third kappa shape index (κ3) is 2.98. The number of hydrogen-bond donors (Lipinski definition) is 1. The molecule has 0 saturated carbocycles. The van der Waals surface area contributed by atoms with Gasteiger partial charge < -0.3 is 19.2 Å². The highest BCUT2D eigenvalue weighted by atomic mass is 32.1. The van der Waals surface area contributed by atoms with Gasteiger partial charge in [-0.3, -0.25) is 0 Å². The molecule has 0 aliphatic carbocycles. The Morgan fingerprint density at radius 1 is 1.42 bits per heavy atom. The molecule has 0 spiro atoms. The zero-order valence-electron chi connectivity index (χ0n) is 11.9. The van der Waals surface area contributed by atoms with E-state index in [9.17, 15) is 0 Å². The van der Waals surface area contributed by atoms with Gasteiger partial charge in [0.15, 0.2) is 4.77 Å². The molecule has 0 saturated heterocycles. The van der Waals surface area contributed by atoms with Gasteiger partial charge in [0.05, 0.1) is 18.1 Å². The predicted molar refractivity (Wildman–Crippen MR) is 81.4 cm³/mol. The molecule has 0 aliphatic rings. The van der Waals surface area contributed by atoms with E-state index in [2.05, 4.69) is 41.4 Å². The number of hydrogen-bond acceptors (Lipinski definition) is 3. The monoisotopic (exact) mass is 279 g/mol. The molecule has 0 aliphatic heterocycles. The number of benzene rings is 1. The molecule has 2 rings (SSSR count). The summed E-state index contributed by atoms with van der Waals surface area (Å²) >= 11 is 5.40. The first kappa shape index (κ1) is 14.1. The van der Waals surface area contributed by atoms with Gasteiger partial charge in [0, 0.05) is 25.2 Å². The van der Waals surface area contributed by atoms with Crippen molar-refractivity contribution in [3.05, 3.63) is 23.0 Å². The molecule has 4 nitrogen and oxygen atoms in total. The lowest BCUT2D eigenvalue weighted by Crippen LogP contribution is -2.29. The van der Waals surface area contributed by atoms with Gasteiger partial charge >= 0.3 is 0 Å². The summed E-state index contributed by atoms with van der Waals surface area (Å²) in [6.45, 7) is 6.25. The second-order valence-corrected chi connectivity index (χ2v) is 5.43. The summed E-state index contributed by atoms with van der Waals surface area (Å²) < 4.78 is 8.14. The summed E-state index contributed by atoms with van der Waals surface area (Å²) in [5, 5.41) is 0. The molecular formula is C14H21N3OS. The number of imidazole rings is 1. The van der Waals surface area contributed by atoms with Crippen molar-refractivity contribution in [3.8, 4) is 5.75 Å². The van der Waals surface area contributed by atoms with Crippen LogP contribution in [0.25, 0.3) is 11.0 Å². The maximum atomic E-state index is 5.40. The van der Waals surface area contributed by atoms with Crippen molar-refractivity contribution < 1.29 is 4.74 Å². The average Bonchev–Trinajstić information content (AvgIpc) is 2.70. The topological polar surface area (TPSA) is 33.2 Å². The van der Waals surface area contributed by atoms with Crippen LogP contribution < -0.4 is 4.74 Å². The van der Waals surface area contributed by atoms with Crippen molar-refractivity contribution in [2.45, 2.75) is 26.4 Å². The molecule has 0 unspecified atom stereocenters. The second kappa shape index (κ2) is 5.75. The first-order chi connectivity index (χ1) is 9.02. The lowest BCUT2D eigenvalue weighted by Gasteiger charge is -2.21. The van der Waals surface area contributed by atoms with Crippen LogP contribution in [0.2, 0.25) is 0 Å². The summed E-state index contributed by atoms with van der Waals surface area (Å²) in [7, 11) is 3.80. The number of rotatable bonds is 5. The van der Waals surface area contributed by atoms with Crippen molar-refractivity contribution in [1.82, 2.24) is 14.5 Å². The molecule has 0 radical (unpaired) electrons. The number of ether oxygens (including phenoxy) is 1. The number of fused-ring (bicyclic) bond motifs is 1. The number of methoxy groups -OCH3 is 1. The molecule has 1 aromatic heterocycles. The van der Waals surface area contributed by atoms with Crippen LogP contribution in [0, 0.1) is 4.77 Å². The molecule has 5 heteroatoms. The smallest absolute Gasteiger partial charge is 0.178 e. The van der Waals surface area contributed by atoms with E-state index in [1.807, 2.05) is 12.1 Å². The molecule has 0 fully saturated rings. The summed E-state index contributed by atoms with van der Waals surface area (Å²) in [5.74, 6) is 0.843. The van der Waals surface area contributed by atoms with Crippen LogP contribution in [-0.4, -0.2) is 41.2 Å². The van der Waals surface area contributed by atoms with Crippen LogP contribution in [0.1, 0.15) is 13.8 Å². The Labute approximate surface area is 119 Å². The maximum absolute atomic E-state index is 5.40. The molecule has 0 amide bonds. The van der Waals surface area contributed by atoms with Gasteiger partial charge in [-0.1, -0.05) is 0 Å². The summed E-state index contributed by atoms with van der Waals surface area (Å²) in [6.07, 6.45) is 0. The highest BCUT2D eigenvalue weighted by molar-refractivity contribution is 7.71. The molecule has 0 atom stereocenters. The normalized spacial score (nSPS) is 11.7. The fourth-order valence-corrected chi connectivity index (χ4v) is 2.31. The first-order valence-electron chi connectivity index (χ1n) is 6.49. The summed E-state index contributed by atoms with van der Waals surface area (Å²) in [6, 6.07) is 6.54. The number of likely N-dealkylation sites (N-methyl/N-ethyl adjacent to an activating group) is 1. The van der Waals surface area contributed by atoms with Gasteiger partial charge in [0.2, 0.25) is 0 Å². The van der Waals surface area contributed by atoms with E-state index in [1.165, 1.54) is 0 Å². The fraction of sp³-hybridized carbons (Fsp3) is 0.500. The van der Waals surface area contributed by atoms with E-state index in [-0.39, 0.29) is 0 Å². The van der Waals surface area contributed by atoms with Crippen LogP contribution in [0.3, 0.4) is 0 Å². The zero-order chi connectivity index (χ0) is 14.0. The number of aromatic nitrogens is 2. The minimum Gasteiger partial charge on any atom is -0.497 e. The van der Waals surface area contributed by atoms with Crippen LogP contribution >= 0.6 is 12.2 Å². The Kier molecular flexibility index (Phi) is 4.27.